The van der Waals surface area contributed by atoms with Crippen molar-refractivity contribution < 1.29 is 26.7 Å². The first kappa shape index (κ1) is 36.4. The Bertz CT molecular complexity index is 2560. The number of sulfonamides is 1. The lowest BCUT2D eigenvalue weighted by Gasteiger charge is -2.26. The Kier molecular flexibility index (Phi) is 9.88. The van der Waals surface area contributed by atoms with Crippen molar-refractivity contribution in [3.8, 4) is 16.8 Å². The molecule has 8 rings (SSSR count). The highest BCUT2D eigenvalue weighted by molar-refractivity contribution is 7.89. The van der Waals surface area contributed by atoms with E-state index in [1.54, 1.807) is 18.3 Å². The van der Waals surface area contributed by atoms with Crippen LogP contribution in [-0.4, -0.2) is 64.3 Å². The minimum atomic E-state index is -3.85. The van der Waals surface area contributed by atoms with E-state index < -0.39 is 39.2 Å². The zero-order valence-corrected chi connectivity index (χ0v) is 30.8. The Hall–Kier alpha value is -5.57. The lowest BCUT2D eigenvalue weighted by Crippen LogP contribution is -2.40. The average Bonchev–Trinajstić information content (AvgIpc) is 3.92. The van der Waals surface area contributed by atoms with Gasteiger partial charge in [0.1, 0.15) is 24.0 Å². The summed E-state index contributed by atoms with van der Waals surface area (Å²) in [4.78, 5) is 33.5. The molecule has 55 heavy (non-hydrogen) atoms. The normalized spacial score (nSPS) is 15.6. The summed E-state index contributed by atoms with van der Waals surface area (Å²) in [6, 6.07) is 22.9. The first-order valence-corrected chi connectivity index (χ1v) is 19.6. The van der Waals surface area contributed by atoms with Crippen LogP contribution in [0, 0.1) is 18.6 Å². The molecule has 11 nitrogen and oxygen atoms in total. The third kappa shape index (κ3) is 7.70. The highest BCUT2D eigenvalue weighted by atomic mass is 32.2. The summed E-state index contributed by atoms with van der Waals surface area (Å²) >= 11 is 0. The van der Waals surface area contributed by atoms with E-state index >= 15 is 0 Å². The van der Waals surface area contributed by atoms with E-state index in [1.807, 2.05) is 43.3 Å². The van der Waals surface area contributed by atoms with Gasteiger partial charge in [-0.3, -0.25) is 18.8 Å². The van der Waals surface area contributed by atoms with Gasteiger partial charge in [0.05, 0.1) is 46.4 Å². The van der Waals surface area contributed by atoms with Crippen LogP contribution in [0.5, 0.6) is 0 Å². The van der Waals surface area contributed by atoms with Gasteiger partial charge in [-0.05, 0) is 96.6 Å². The fourth-order valence-electron chi connectivity index (χ4n) is 7.07. The first-order valence-electron chi connectivity index (χ1n) is 18.1. The lowest BCUT2D eigenvalue weighted by molar-refractivity contribution is -0.122. The Morgan fingerprint density at radius 2 is 1.67 bits per heavy atom. The van der Waals surface area contributed by atoms with E-state index in [1.165, 1.54) is 50.0 Å². The van der Waals surface area contributed by atoms with Crippen LogP contribution in [0.15, 0.2) is 107 Å². The highest BCUT2D eigenvalue weighted by Crippen LogP contribution is 2.38. The molecule has 0 radical (unpaired) electrons. The Balaban J connectivity index is 1.26. The van der Waals surface area contributed by atoms with Crippen molar-refractivity contribution in [1.82, 2.24) is 29.0 Å². The molecule has 1 saturated heterocycles. The molecule has 2 aliphatic rings. The number of nitrogens with one attached hydrogen (secondary N) is 1. The number of carbonyl (C=O) groups excluding carboxylic acids is 1. The molecule has 0 unspecified atom stereocenters. The smallest absolute Gasteiger partial charge is 0.266 e. The molecule has 6 aromatic rings. The number of hydrogen-bond acceptors (Lipinski definition) is 7. The van der Waals surface area contributed by atoms with Crippen LogP contribution < -0.4 is 10.9 Å². The number of morpholine rings is 1. The molecule has 3 heterocycles. The summed E-state index contributed by atoms with van der Waals surface area (Å²) in [6.07, 6.45) is 3.69. The molecule has 0 bridgehead atoms. The van der Waals surface area contributed by atoms with Crippen LogP contribution in [0.3, 0.4) is 0 Å². The van der Waals surface area contributed by atoms with Crippen molar-refractivity contribution in [2.24, 2.45) is 0 Å². The zero-order valence-electron chi connectivity index (χ0n) is 30.0. The topological polar surface area (TPSA) is 128 Å². The number of halogens is 2. The Labute approximate surface area is 316 Å². The molecule has 1 aliphatic carbocycles. The Morgan fingerprint density at radius 1 is 0.945 bits per heavy atom. The molecule has 2 aromatic heterocycles. The van der Waals surface area contributed by atoms with Gasteiger partial charge in [-0.1, -0.05) is 30.3 Å². The molecule has 1 atom stereocenters. The number of nitrogens with zero attached hydrogens (tertiary/aromatic N) is 5. The van der Waals surface area contributed by atoms with E-state index in [0.29, 0.717) is 11.4 Å². The average molecular weight is 765 g/mol. The summed E-state index contributed by atoms with van der Waals surface area (Å²) in [6.45, 7) is 2.84. The quantitative estimate of drug-likeness (QED) is 0.176. The standard InChI is InChI=1S/C41H38F2N6O5S/c1-26-4-2-3-5-34(26)29-8-13-35-37(23-29)45-40(49(41(35)51)32-9-11-33(12-10-32)55(52,53)48-16-18-54-19-17-48)38(22-27-20-30(42)24-31(43)21-27)44-39(50)25-47-15-14-36(46-47)28-6-7-28/h2-5,8-15,20-21,23-24,28,38H,6-7,16-19,22,25H2,1H3,(H,44,50)/t38-/m0/s1. The van der Waals surface area contributed by atoms with Crippen LogP contribution in [-0.2, 0) is 32.5 Å². The largest absolute Gasteiger partial charge is 0.379 e. The van der Waals surface area contributed by atoms with Crippen molar-refractivity contribution in [3.63, 3.8) is 0 Å². The van der Waals surface area contributed by atoms with Crippen molar-refractivity contribution in [3.05, 3.63) is 142 Å². The highest BCUT2D eigenvalue weighted by Gasteiger charge is 2.29. The zero-order chi connectivity index (χ0) is 38.3. The van der Waals surface area contributed by atoms with Gasteiger partial charge in [0.15, 0.2) is 0 Å². The maximum absolute atomic E-state index is 14.6. The number of carbonyl (C=O) groups is 1. The van der Waals surface area contributed by atoms with Gasteiger partial charge in [0.2, 0.25) is 15.9 Å². The van der Waals surface area contributed by atoms with Gasteiger partial charge in [-0.15, -0.1) is 0 Å². The predicted octanol–water partition coefficient (Wildman–Crippen LogP) is 5.83. The Morgan fingerprint density at radius 3 is 2.38 bits per heavy atom. The number of hydrogen-bond donors (Lipinski definition) is 1. The summed E-state index contributed by atoms with van der Waals surface area (Å²) in [5.41, 5.74) is 4.05. The van der Waals surface area contributed by atoms with E-state index in [9.17, 15) is 26.8 Å². The number of fused-ring (bicyclic) bond motifs is 1. The van der Waals surface area contributed by atoms with Gasteiger partial charge in [0, 0.05) is 37.7 Å². The second-order valence-electron chi connectivity index (χ2n) is 14.0. The predicted molar refractivity (Wildman–Crippen MR) is 202 cm³/mol. The summed E-state index contributed by atoms with van der Waals surface area (Å²) in [5.74, 6) is -1.59. The number of benzene rings is 4. The number of aryl methyl sites for hydroxylation is 1. The number of amides is 1. The van der Waals surface area contributed by atoms with Gasteiger partial charge in [-0.2, -0.15) is 9.40 Å². The monoisotopic (exact) mass is 764 g/mol. The van der Waals surface area contributed by atoms with Crippen molar-refractivity contribution in [2.75, 3.05) is 26.3 Å². The van der Waals surface area contributed by atoms with Crippen LogP contribution >= 0.6 is 0 Å². The maximum Gasteiger partial charge on any atom is 0.266 e. The van der Waals surface area contributed by atoms with E-state index in [0.717, 1.165) is 41.3 Å². The molecule has 1 aliphatic heterocycles. The maximum atomic E-state index is 14.6. The second kappa shape index (κ2) is 14.9. The molecule has 1 N–H and O–H groups in total. The van der Waals surface area contributed by atoms with Crippen molar-refractivity contribution in [2.45, 2.75) is 49.6 Å². The van der Waals surface area contributed by atoms with Crippen LogP contribution in [0.4, 0.5) is 8.78 Å². The van der Waals surface area contributed by atoms with Gasteiger partial charge in [-0.25, -0.2) is 22.2 Å². The minimum Gasteiger partial charge on any atom is -0.379 e. The molecule has 1 saturated carbocycles. The summed E-state index contributed by atoms with van der Waals surface area (Å²) < 4.78 is 65.6. The number of aromatic nitrogens is 4. The molecular formula is C41H38F2N6O5S. The summed E-state index contributed by atoms with van der Waals surface area (Å²) in [7, 11) is -3.85. The van der Waals surface area contributed by atoms with Crippen LogP contribution in [0.25, 0.3) is 27.7 Å². The molecular weight excluding hydrogens is 727 g/mol. The SMILES string of the molecule is Cc1ccccc1-c1ccc2c(=O)n(-c3ccc(S(=O)(=O)N4CCOCC4)cc3)c([C@H](Cc3cc(F)cc(F)c3)NC(=O)Cn3ccc(C4CC4)n3)nc2c1. The van der Waals surface area contributed by atoms with E-state index in [2.05, 4.69) is 10.4 Å². The summed E-state index contributed by atoms with van der Waals surface area (Å²) in [5, 5.41) is 7.81. The molecule has 2 fully saturated rings. The number of rotatable bonds is 11. The third-order valence-corrected chi connectivity index (χ3v) is 11.9. The first-order chi connectivity index (χ1) is 26.5. The van der Waals surface area contributed by atoms with Crippen LogP contribution in [0.2, 0.25) is 0 Å². The van der Waals surface area contributed by atoms with Gasteiger partial charge < -0.3 is 10.1 Å². The third-order valence-electron chi connectivity index (χ3n) is 10.0. The molecule has 4 aromatic carbocycles. The molecule has 0 spiro atoms. The molecule has 14 heteroatoms. The molecule has 1 amide bonds. The van der Waals surface area contributed by atoms with Crippen molar-refractivity contribution in [1.29, 1.82) is 0 Å². The lowest BCUT2D eigenvalue weighted by atomic mass is 9.99. The fourth-order valence-corrected chi connectivity index (χ4v) is 8.48. The fraction of sp³-hybridized carbons (Fsp3) is 0.268. The van der Waals surface area contributed by atoms with Crippen molar-refractivity contribution >= 4 is 26.8 Å². The van der Waals surface area contributed by atoms with E-state index in [4.69, 9.17) is 9.72 Å². The molecule has 282 valence electrons. The number of ether oxygens (including phenoxy) is 1. The minimum absolute atomic E-state index is 0.0363. The van der Waals surface area contributed by atoms with Crippen LogP contribution in [0.1, 0.15) is 47.4 Å². The second-order valence-corrected chi connectivity index (χ2v) is 15.9. The van der Waals surface area contributed by atoms with Gasteiger partial charge >= 0.3 is 0 Å². The van der Waals surface area contributed by atoms with E-state index in [-0.39, 0.29) is 66.6 Å². The van der Waals surface area contributed by atoms with Gasteiger partial charge in [0.25, 0.3) is 5.56 Å².